The second-order valence-electron chi connectivity index (χ2n) is 6.03. The highest BCUT2D eigenvalue weighted by atomic mass is 16.6. The SMILES string of the molecule is O=c1c2ccc([N+](=O)[O-])cc2nc(-c2ccccn2)n1-c1cccc([N+](=O)[O-])c1. The third-order valence-corrected chi connectivity index (χ3v) is 4.26. The first-order valence-electron chi connectivity index (χ1n) is 8.33. The van der Waals surface area contributed by atoms with E-state index in [0.717, 1.165) is 0 Å². The Morgan fingerprint density at radius 2 is 1.62 bits per heavy atom. The number of pyridine rings is 1. The fourth-order valence-electron chi connectivity index (χ4n) is 2.94. The maximum atomic E-state index is 13.2. The second kappa shape index (κ2) is 6.93. The van der Waals surface area contributed by atoms with Gasteiger partial charge in [0.1, 0.15) is 5.69 Å². The van der Waals surface area contributed by atoms with Crippen molar-refractivity contribution < 1.29 is 9.85 Å². The third kappa shape index (κ3) is 3.18. The zero-order chi connectivity index (χ0) is 20.5. The maximum absolute atomic E-state index is 13.2. The second-order valence-corrected chi connectivity index (χ2v) is 6.03. The Balaban J connectivity index is 2.09. The molecule has 0 spiro atoms. The molecule has 0 N–H and O–H groups in total. The molecule has 142 valence electrons. The lowest BCUT2D eigenvalue weighted by atomic mass is 10.2. The molecular formula is C19H11N5O5. The molecule has 10 nitrogen and oxygen atoms in total. The number of hydrogen-bond acceptors (Lipinski definition) is 7. The van der Waals surface area contributed by atoms with Gasteiger partial charge < -0.3 is 0 Å². The van der Waals surface area contributed by atoms with Crippen LogP contribution in [0.25, 0.3) is 28.1 Å². The Kier molecular flexibility index (Phi) is 4.28. The van der Waals surface area contributed by atoms with Crippen LogP contribution in [-0.4, -0.2) is 24.4 Å². The molecule has 0 saturated carbocycles. The smallest absolute Gasteiger partial charge is 0.268 e. The minimum Gasteiger partial charge on any atom is -0.268 e. The van der Waals surface area contributed by atoms with Gasteiger partial charge in [-0.05, 0) is 24.3 Å². The van der Waals surface area contributed by atoms with Crippen molar-refractivity contribution in [3.63, 3.8) is 0 Å². The minimum absolute atomic E-state index is 0.115. The van der Waals surface area contributed by atoms with Gasteiger partial charge in [-0.15, -0.1) is 0 Å². The van der Waals surface area contributed by atoms with E-state index in [1.165, 1.54) is 47.2 Å². The highest BCUT2D eigenvalue weighted by Gasteiger charge is 2.19. The molecular weight excluding hydrogens is 378 g/mol. The first-order valence-corrected chi connectivity index (χ1v) is 8.33. The van der Waals surface area contributed by atoms with E-state index >= 15 is 0 Å². The molecule has 0 amide bonds. The topological polar surface area (TPSA) is 134 Å². The lowest BCUT2D eigenvalue weighted by Crippen LogP contribution is -2.22. The molecule has 0 saturated heterocycles. The van der Waals surface area contributed by atoms with E-state index in [0.29, 0.717) is 5.69 Å². The number of nitro benzene ring substituents is 2. The van der Waals surface area contributed by atoms with Crippen molar-refractivity contribution in [3.05, 3.63) is 97.4 Å². The van der Waals surface area contributed by atoms with Gasteiger partial charge in [-0.2, -0.15) is 0 Å². The lowest BCUT2D eigenvalue weighted by molar-refractivity contribution is -0.385. The normalized spacial score (nSPS) is 10.8. The van der Waals surface area contributed by atoms with E-state index in [4.69, 9.17) is 0 Å². The molecule has 10 heteroatoms. The first kappa shape index (κ1) is 17.9. The summed E-state index contributed by atoms with van der Waals surface area (Å²) in [6, 6.07) is 14.3. The maximum Gasteiger partial charge on any atom is 0.271 e. The Morgan fingerprint density at radius 1 is 0.862 bits per heavy atom. The van der Waals surface area contributed by atoms with Crippen LogP contribution in [0.4, 0.5) is 11.4 Å². The average Bonchev–Trinajstić information content (AvgIpc) is 2.74. The predicted molar refractivity (Wildman–Crippen MR) is 104 cm³/mol. The molecule has 2 aromatic heterocycles. The number of benzene rings is 2. The monoisotopic (exact) mass is 389 g/mol. The fraction of sp³-hybridized carbons (Fsp3) is 0. The summed E-state index contributed by atoms with van der Waals surface area (Å²) in [6.07, 6.45) is 1.51. The van der Waals surface area contributed by atoms with Crippen LogP contribution in [0.1, 0.15) is 0 Å². The zero-order valence-electron chi connectivity index (χ0n) is 14.6. The van der Waals surface area contributed by atoms with Gasteiger partial charge in [0.25, 0.3) is 16.9 Å². The van der Waals surface area contributed by atoms with E-state index < -0.39 is 15.4 Å². The van der Waals surface area contributed by atoms with Crippen LogP contribution in [0.3, 0.4) is 0 Å². The van der Waals surface area contributed by atoms with E-state index in [1.807, 2.05) is 0 Å². The van der Waals surface area contributed by atoms with Crippen LogP contribution >= 0.6 is 0 Å². The quantitative estimate of drug-likeness (QED) is 0.386. The highest BCUT2D eigenvalue weighted by molar-refractivity contribution is 5.82. The summed E-state index contributed by atoms with van der Waals surface area (Å²) < 4.78 is 1.21. The van der Waals surface area contributed by atoms with Crippen molar-refractivity contribution in [2.75, 3.05) is 0 Å². The third-order valence-electron chi connectivity index (χ3n) is 4.26. The van der Waals surface area contributed by atoms with E-state index in [9.17, 15) is 25.0 Å². The van der Waals surface area contributed by atoms with Gasteiger partial charge in [0.05, 0.1) is 26.4 Å². The standard InChI is InChI=1S/C19H11N5O5/c25-19-15-8-7-14(24(28)29)11-17(15)21-18(16-6-1-2-9-20-16)22(19)12-4-3-5-13(10-12)23(26)27/h1-11H. The van der Waals surface area contributed by atoms with Crippen molar-refractivity contribution in [1.82, 2.24) is 14.5 Å². The molecule has 0 unspecified atom stereocenters. The van der Waals surface area contributed by atoms with Crippen molar-refractivity contribution in [1.29, 1.82) is 0 Å². The van der Waals surface area contributed by atoms with Crippen molar-refractivity contribution in [2.45, 2.75) is 0 Å². The van der Waals surface area contributed by atoms with E-state index in [2.05, 4.69) is 9.97 Å². The fourth-order valence-corrected chi connectivity index (χ4v) is 2.94. The number of nitro groups is 2. The molecule has 0 aliphatic heterocycles. The first-order chi connectivity index (χ1) is 14.0. The van der Waals surface area contributed by atoms with Crippen LogP contribution in [0, 0.1) is 20.2 Å². The van der Waals surface area contributed by atoms with Crippen LogP contribution in [0.15, 0.2) is 71.7 Å². The summed E-state index contributed by atoms with van der Waals surface area (Å²) in [5, 5.41) is 22.4. The summed E-state index contributed by atoms with van der Waals surface area (Å²) in [4.78, 5) is 43.0. The molecule has 29 heavy (non-hydrogen) atoms. The molecule has 0 aliphatic carbocycles. The van der Waals surface area contributed by atoms with Gasteiger partial charge in [-0.1, -0.05) is 12.1 Å². The molecule has 0 atom stereocenters. The van der Waals surface area contributed by atoms with Crippen LogP contribution in [0.2, 0.25) is 0 Å². The average molecular weight is 389 g/mol. The van der Waals surface area contributed by atoms with Crippen LogP contribution in [-0.2, 0) is 0 Å². The number of aromatic nitrogens is 3. The Morgan fingerprint density at radius 3 is 2.31 bits per heavy atom. The lowest BCUT2D eigenvalue weighted by Gasteiger charge is -2.13. The molecule has 0 fully saturated rings. The van der Waals surface area contributed by atoms with Gasteiger partial charge in [0, 0.05) is 30.5 Å². The van der Waals surface area contributed by atoms with Crippen molar-refractivity contribution >= 4 is 22.3 Å². The summed E-state index contributed by atoms with van der Waals surface area (Å²) >= 11 is 0. The molecule has 4 rings (SSSR count). The number of non-ortho nitro benzene ring substituents is 2. The summed E-state index contributed by atoms with van der Waals surface area (Å²) in [5.41, 5.74) is -0.214. The van der Waals surface area contributed by atoms with Gasteiger partial charge in [0.15, 0.2) is 5.82 Å². The van der Waals surface area contributed by atoms with Crippen LogP contribution < -0.4 is 5.56 Å². The molecule has 2 heterocycles. The molecule has 2 aromatic carbocycles. The van der Waals surface area contributed by atoms with Gasteiger partial charge in [-0.25, -0.2) is 4.98 Å². The predicted octanol–water partition coefficient (Wildman–Crippen LogP) is 3.26. The summed E-state index contributed by atoms with van der Waals surface area (Å²) in [5.74, 6) is 0.115. The van der Waals surface area contributed by atoms with Gasteiger partial charge in [-0.3, -0.25) is 34.6 Å². The Hall–Kier alpha value is -4.47. The highest BCUT2D eigenvalue weighted by Crippen LogP contribution is 2.24. The van der Waals surface area contributed by atoms with E-state index in [1.54, 1.807) is 24.3 Å². The van der Waals surface area contributed by atoms with Crippen LogP contribution in [0.5, 0.6) is 0 Å². The number of rotatable bonds is 4. The molecule has 4 aromatic rings. The van der Waals surface area contributed by atoms with Crippen molar-refractivity contribution in [3.8, 4) is 17.2 Å². The van der Waals surface area contributed by atoms with Gasteiger partial charge in [0.2, 0.25) is 0 Å². The summed E-state index contributed by atoms with van der Waals surface area (Å²) in [7, 11) is 0. The number of fused-ring (bicyclic) bond motifs is 1. The minimum atomic E-state index is -0.576. The number of hydrogen-bond donors (Lipinski definition) is 0. The molecule has 0 bridgehead atoms. The Bertz CT molecular complexity index is 1330. The van der Waals surface area contributed by atoms with Crippen molar-refractivity contribution in [2.24, 2.45) is 0 Å². The molecule has 0 aliphatic rings. The van der Waals surface area contributed by atoms with Gasteiger partial charge >= 0.3 is 0 Å². The zero-order valence-corrected chi connectivity index (χ0v) is 14.6. The summed E-state index contributed by atoms with van der Waals surface area (Å²) in [6.45, 7) is 0. The Labute approximate surface area is 162 Å². The van der Waals surface area contributed by atoms with E-state index in [-0.39, 0.29) is 33.8 Å². The molecule has 0 radical (unpaired) electrons. The largest absolute Gasteiger partial charge is 0.271 e. The number of nitrogens with zero attached hydrogens (tertiary/aromatic N) is 5.